The van der Waals surface area contributed by atoms with Gasteiger partial charge in [0.15, 0.2) is 0 Å². The Morgan fingerprint density at radius 3 is 2.52 bits per heavy atom. The van der Waals surface area contributed by atoms with E-state index in [2.05, 4.69) is 4.72 Å². The van der Waals surface area contributed by atoms with Gasteiger partial charge in [0.25, 0.3) is 0 Å². The Hall–Kier alpha value is -1.77. The third-order valence-electron chi connectivity index (χ3n) is 3.70. The predicted molar refractivity (Wildman–Crippen MR) is 104 cm³/mol. The lowest BCUT2D eigenvalue weighted by atomic mass is 9.95. The normalized spacial score (nSPS) is 14.6. The van der Waals surface area contributed by atoms with Crippen LogP contribution in [0.2, 0.25) is 0 Å². The molecule has 0 aliphatic carbocycles. The van der Waals surface area contributed by atoms with Gasteiger partial charge in [-0.05, 0) is 39.9 Å². The van der Waals surface area contributed by atoms with Crippen LogP contribution in [0.25, 0.3) is 6.08 Å². The van der Waals surface area contributed by atoms with E-state index in [1.54, 1.807) is 12.1 Å². The van der Waals surface area contributed by atoms with Gasteiger partial charge in [-0.2, -0.15) is 11.3 Å². The summed E-state index contributed by atoms with van der Waals surface area (Å²) in [6, 6.07) is 14.6. The molecule has 2 N–H and O–H groups in total. The zero-order valence-corrected chi connectivity index (χ0v) is 15.7. The molecule has 7 heteroatoms. The molecular weight excluding hydrogens is 374 g/mol. The predicted octanol–water partition coefficient (Wildman–Crippen LogP) is 3.64. The van der Waals surface area contributed by atoms with E-state index < -0.39 is 15.6 Å². The van der Waals surface area contributed by atoms with E-state index in [4.69, 9.17) is 0 Å². The summed E-state index contributed by atoms with van der Waals surface area (Å²) in [5.41, 5.74) is 0.0795. The van der Waals surface area contributed by atoms with Crippen LogP contribution in [-0.2, 0) is 15.6 Å². The molecule has 0 amide bonds. The minimum absolute atomic E-state index is 0.133. The van der Waals surface area contributed by atoms with Gasteiger partial charge in [0.05, 0.1) is 0 Å². The van der Waals surface area contributed by atoms with Crippen LogP contribution in [0.4, 0.5) is 0 Å². The Balaban J connectivity index is 1.78. The molecule has 0 bridgehead atoms. The van der Waals surface area contributed by atoms with Crippen molar-refractivity contribution in [1.29, 1.82) is 0 Å². The number of benzene rings is 1. The van der Waals surface area contributed by atoms with Crippen LogP contribution in [0.15, 0.2) is 70.1 Å². The number of sulfonamides is 1. The molecule has 0 spiro atoms. The summed E-state index contributed by atoms with van der Waals surface area (Å²) in [5, 5.41) is 17.8. The molecule has 1 aromatic carbocycles. The average molecular weight is 392 g/mol. The standard InChI is InChI=1S/C18H17NO3S3/c20-18(16-8-11-23-13-16,17-7-4-10-24-17)14-19-25(21,22)12-9-15-5-2-1-3-6-15/h1-13,19-20H,14H2. The average Bonchev–Trinajstić information content (AvgIpc) is 3.33. The quantitative estimate of drug-likeness (QED) is 0.646. The Morgan fingerprint density at radius 1 is 1.08 bits per heavy atom. The van der Waals surface area contributed by atoms with Crippen molar-refractivity contribution in [2.45, 2.75) is 5.60 Å². The number of hydrogen-bond donors (Lipinski definition) is 2. The van der Waals surface area contributed by atoms with Crippen LogP contribution in [0, 0.1) is 0 Å². The first-order valence-electron chi connectivity index (χ1n) is 7.51. The summed E-state index contributed by atoms with van der Waals surface area (Å²) in [4.78, 5) is 0.695. The Labute approximate surface area is 155 Å². The molecular formula is C18H17NO3S3. The topological polar surface area (TPSA) is 66.4 Å². The van der Waals surface area contributed by atoms with Gasteiger partial charge in [-0.25, -0.2) is 13.1 Å². The highest BCUT2D eigenvalue weighted by atomic mass is 32.2. The van der Waals surface area contributed by atoms with Crippen molar-refractivity contribution in [3.05, 3.63) is 86.1 Å². The molecule has 4 nitrogen and oxygen atoms in total. The van der Waals surface area contributed by atoms with E-state index in [0.717, 1.165) is 11.0 Å². The van der Waals surface area contributed by atoms with Gasteiger partial charge in [0.2, 0.25) is 10.0 Å². The Bertz CT molecular complexity index is 881. The first-order chi connectivity index (χ1) is 12.0. The van der Waals surface area contributed by atoms with Crippen LogP contribution >= 0.6 is 22.7 Å². The summed E-state index contributed by atoms with van der Waals surface area (Å²) in [7, 11) is -3.68. The van der Waals surface area contributed by atoms with Gasteiger partial charge in [0, 0.05) is 22.4 Å². The van der Waals surface area contributed by atoms with Crippen molar-refractivity contribution < 1.29 is 13.5 Å². The molecule has 25 heavy (non-hydrogen) atoms. The van der Waals surface area contributed by atoms with Crippen LogP contribution in [0.3, 0.4) is 0 Å². The molecule has 0 aliphatic heterocycles. The first kappa shape index (κ1) is 18.0. The molecule has 2 aromatic heterocycles. The van der Waals surface area contributed by atoms with Gasteiger partial charge in [-0.1, -0.05) is 36.4 Å². The number of aliphatic hydroxyl groups is 1. The van der Waals surface area contributed by atoms with E-state index in [1.165, 1.54) is 28.7 Å². The smallest absolute Gasteiger partial charge is 0.233 e. The lowest BCUT2D eigenvalue weighted by Crippen LogP contribution is -2.40. The zero-order valence-electron chi connectivity index (χ0n) is 13.2. The second-order valence-corrected chi connectivity index (χ2v) is 8.81. The fourth-order valence-corrected chi connectivity index (χ4v) is 4.74. The van der Waals surface area contributed by atoms with Gasteiger partial charge < -0.3 is 5.11 Å². The van der Waals surface area contributed by atoms with Gasteiger partial charge in [-0.3, -0.25) is 0 Å². The molecule has 0 aliphatic rings. The third-order valence-corrected chi connectivity index (χ3v) is 6.44. The second-order valence-electron chi connectivity index (χ2n) is 5.43. The maximum atomic E-state index is 12.3. The molecule has 1 atom stereocenters. The summed E-state index contributed by atoms with van der Waals surface area (Å²) in [5.74, 6) is 0. The monoisotopic (exact) mass is 391 g/mol. The van der Waals surface area contributed by atoms with Crippen molar-refractivity contribution in [2.24, 2.45) is 0 Å². The second kappa shape index (κ2) is 7.63. The summed E-state index contributed by atoms with van der Waals surface area (Å²) in [6.07, 6.45) is 1.52. The summed E-state index contributed by atoms with van der Waals surface area (Å²) >= 11 is 2.85. The van der Waals surface area contributed by atoms with E-state index in [-0.39, 0.29) is 6.54 Å². The van der Waals surface area contributed by atoms with Crippen molar-refractivity contribution in [3.63, 3.8) is 0 Å². The zero-order chi connectivity index (χ0) is 17.8. The van der Waals surface area contributed by atoms with Gasteiger partial charge in [-0.15, -0.1) is 11.3 Å². The Morgan fingerprint density at radius 2 is 1.88 bits per heavy atom. The lowest BCUT2D eigenvalue weighted by molar-refractivity contribution is 0.0904. The molecule has 1 unspecified atom stereocenters. The van der Waals surface area contributed by atoms with Crippen molar-refractivity contribution in [3.8, 4) is 0 Å². The molecule has 0 radical (unpaired) electrons. The van der Waals surface area contributed by atoms with E-state index in [1.807, 2.05) is 52.5 Å². The van der Waals surface area contributed by atoms with E-state index in [9.17, 15) is 13.5 Å². The van der Waals surface area contributed by atoms with Crippen LogP contribution < -0.4 is 4.72 Å². The molecule has 0 saturated carbocycles. The van der Waals surface area contributed by atoms with Gasteiger partial charge >= 0.3 is 0 Å². The van der Waals surface area contributed by atoms with Crippen LogP contribution in [-0.4, -0.2) is 20.1 Å². The third kappa shape index (κ3) is 4.45. The summed E-state index contributed by atoms with van der Waals surface area (Å²) < 4.78 is 27.1. The number of hydrogen-bond acceptors (Lipinski definition) is 5. The highest BCUT2D eigenvalue weighted by Crippen LogP contribution is 2.33. The SMILES string of the molecule is O=S(=O)(C=Cc1ccccc1)NCC(O)(c1ccsc1)c1cccs1. The minimum atomic E-state index is -3.68. The maximum absolute atomic E-state index is 12.3. The lowest BCUT2D eigenvalue weighted by Gasteiger charge is -2.26. The molecule has 0 fully saturated rings. The van der Waals surface area contributed by atoms with Crippen molar-refractivity contribution >= 4 is 38.8 Å². The fraction of sp³-hybridized carbons (Fsp3) is 0.111. The molecule has 3 aromatic rings. The summed E-state index contributed by atoms with van der Waals surface area (Å²) in [6.45, 7) is -0.133. The highest BCUT2D eigenvalue weighted by Gasteiger charge is 2.34. The molecule has 2 heterocycles. The highest BCUT2D eigenvalue weighted by molar-refractivity contribution is 7.92. The maximum Gasteiger partial charge on any atom is 0.233 e. The number of rotatable bonds is 7. The number of nitrogens with one attached hydrogen (secondary N) is 1. The fourth-order valence-electron chi connectivity index (χ4n) is 2.33. The molecule has 130 valence electrons. The van der Waals surface area contributed by atoms with Crippen molar-refractivity contribution in [2.75, 3.05) is 6.54 Å². The van der Waals surface area contributed by atoms with Gasteiger partial charge in [0.1, 0.15) is 5.60 Å². The molecule has 0 saturated heterocycles. The largest absolute Gasteiger partial charge is 0.378 e. The minimum Gasteiger partial charge on any atom is -0.378 e. The Kier molecular flexibility index (Phi) is 5.51. The molecule has 3 rings (SSSR count). The van der Waals surface area contributed by atoms with Crippen LogP contribution in [0.1, 0.15) is 16.0 Å². The van der Waals surface area contributed by atoms with E-state index in [0.29, 0.717) is 10.4 Å². The van der Waals surface area contributed by atoms with Crippen molar-refractivity contribution in [1.82, 2.24) is 4.72 Å². The van der Waals surface area contributed by atoms with Crippen LogP contribution in [0.5, 0.6) is 0 Å². The van der Waals surface area contributed by atoms with E-state index >= 15 is 0 Å². The number of thiophene rings is 2. The first-order valence-corrected chi connectivity index (χ1v) is 10.9.